The molecule has 1 aromatic carbocycles. The van der Waals surface area contributed by atoms with E-state index in [1.165, 1.54) is 0 Å². The molecule has 0 amide bonds. The summed E-state index contributed by atoms with van der Waals surface area (Å²) in [7, 11) is 1.86. The zero-order valence-corrected chi connectivity index (χ0v) is 11.1. The van der Waals surface area contributed by atoms with Gasteiger partial charge in [0.1, 0.15) is 0 Å². The number of rotatable bonds is 4. The predicted octanol–water partition coefficient (Wildman–Crippen LogP) is 1.71. The van der Waals surface area contributed by atoms with Crippen molar-refractivity contribution >= 4 is 11.7 Å². The summed E-state index contributed by atoms with van der Waals surface area (Å²) >= 11 is 0. The van der Waals surface area contributed by atoms with Crippen molar-refractivity contribution in [3.8, 4) is 0 Å². The van der Waals surface area contributed by atoms with Crippen LogP contribution in [0.3, 0.4) is 0 Å². The molecule has 0 aliphatic rings. The van der Waals surface area contributed by atoms with E-state index in [4.69, 9.17) is 10.5 Å². The Hall–Kier alpha value is -2.30. The monoisotopic (exact) mass is 259 g/mol. The number of nitrogens with zero attached hydrogens (tertiary/aromatic N) is 2. The number of aryl methyl sites for hydroxylation is 2. The third-order valence-corrected chi connectivity index (χ3v) is 2.98. The zero-order valence-electron chi connectivity index (χ0n) is 11.1. The van der Waals surface area contributed by atoms with Crippen molar-refractivity contribution in [3.05, 3.63) is 47.3 Å². The number of benzene rings is 1. The Labute approximate surface area is 112 Å². The molecule has 0 unspecified atom stereocenters. The van der Waals surface area contributed by atoms with Crippen molar-refractivity contribution in [1.29, 1.82) is 0 Å². The maximum atomic E-state index is 11.9. The van der Waals surface area contributed by atoms with Crippen LogP contribution in [0.15, 0.2) is 30.5 Å². The van der Waals surface area contributed by atoms with Gasteiger partial charge in [-0.2, -0.15) is 5.10 Å². The van der Waals surface area contributed by atoms with E-state index in [1.807, 2.05) is 20.0 Å². The summed E-state index contributed by atoms with van der Waals surface area (Å²) in [5.74, 6) is -0.320. The van der Waals surface area contributed by atoms with Crippen LogP contribution < -0.4 is 5.73 Å². The van der Waals surface area contributed by atoms with Gasteiger partial charge in [-0.25, -0.2) is 4.79 Å². The van der Waals surface area contributed by atoms with Gasteiger partial charge in [0, 0.05) is 31.0 Å². The van der Waals surface area contributed by atoms with Crippen LogP contribution in [0.1, 0.15) is 21.6 Å². The Balaban J connectivity index is 1.93. The fourth-order valence-corrected chi connectivity index (χ4v) is 1.89. The topological polar surface area (TPSA) is 70.1 Å². The highest BCUT2D eigenvalue weighted by molar-refractivity contribution is 5.91. The molecule has 0 aliphatic carbocycles. The number of hydrogen-bond acceptors (Lipinski definition) is 4. The molecule has 1 aromatic heterocycles. The van der Waals surface area contributed by atoms with Crippen molar-refractivity contribution in [1.82, 2.24) is 9.78 Å². The molecule has 0 bridgehead atoms. The number of ether oxygens (including phenoxy) is 1. The lowest BCUT2D eigenvalue weighted by Crippen LogP contribution is -2.11. The minimum atomic E-state index is -0.320. The molecule has 2 aromatic rings. The van der Waals surface area contributed by atoms with Gasteiger partial charge in [-0.05, 0) is 36.8 Å². The van der Waals surface area contributed by atoms with E-state index in [1.54, 1.807) is 29.1 Å². The van der Waals surface area contributed by atoms with E-state index >= 15 is 0 Å². The number of carbonyl (C=O) groups is 1. The van der Waals surface area contributed by atoms with Gasteiger partial charge in [0.2, 0.25) is 0 Å². The Bertz CT molecular complexity index is 590. The van der Waals surface area contributed by atoms with Crippen molar-refractivity contribution in [3.63, 3.8) is 0 Å². The summed E-state index contributed by atoms with van der Waals surface area (Å²) in [6.07, 6.45) is 2.37. The van der Waals surface area contributed by atoms with E-state index in [2.05, 4.69) is 5.10 Å². The lowest BCUT2D eigenvalue weighted by atomic mass is 10.1. The van der Waals surface area contributed by atoms with Crippen molar-refractivity contribution in [2.75, 3.05) is 12.3 Å². The highest BCUT2D eigenvalue weighted by atomic mass is 16.5. The standard InChI is InChI=1S/C14H17N3O2/c1-10-9-11(15)3-4-13(10)14(18)19-8-6-12-5-7-16-17(12)2/h3-5,7,9H,6,8,15H2,1-2H3. The molecule has 0 radical (unpaired) electrons. The van der Waals surface area contributed by atoms with Crippen LogP contribution in [0, 0.1) is 6.92 Å². The Kier molecular flexibility index (Phi) is 3.85. The van der Waals surface area contributed by atoms with Gasteiger partial charge in [-0.3, -0.25) is 4.68 Å². The second-order valence-electron chi connectivity index (χ2n) is 4.41. The average molecular weight is 259 g/mol. The minimum absolute atomic E-state index is 0.320. The van der Waals surface area contributed by atoms with Gasteiger partial charge in [-0.15, -0.1) is 0 Å². The summed E-state index contributed by atoms with van der Waals surface area (Å²) < 4.78 is 7.02. The molecule has 0 saturated carbocycles. The fourth-order valence-electron chi connectivity index (χ4n) is 1.89. The lowest BCUT2D eigenvalue weighted by molar-refractivity contribution is 0.0507. The summed E-state index contributed by atoms with van der Waals surface area (Å²) in [5, 5.41) is 4.06. The second kappa shape index (κ2) is 5.56. The molecular formula is C14H17N3O2. The summed E-state index contributed by atoms with van der Waals surface area (Å²) in [5.41, 5.74) is 8.70. The van der Waals surface area contributed by atoms with Crippen molar-refractivity contribution in [2.24, 2.45) is 7.05 Å². The van der Waals surface area contributed by atoms with Gasteiger partial charge in [0.25, 0.3) is 0 Å². The smallest absolute Gasteiger partial charge is 0.338 e. The van der Waals surface area contributed by atoms with Gasteiger partial charge < -0.3 is 10.5 Å². The fraction of sp³-hybridized carbons (Fsp3) is 0.286. The molecule has 19 heavy (non-hydrogen) atoms. The molecule has 0 aliphatic heterocycles. The van der Waals surface area contributed by atoms with Crippen LogP contribution in [-0.4, -0.2) is 22.4 Å². The zero-order chi connectivity index (χ0) is 13.8. The van der Waals surface area contributed by atoms with Gasteiger partial charge >= 0.3 is 5.97 Å². The number of esters is 1. The SMILES string of the molecule is Cc1cc(N)ccc1C(=O)OCCc1ccnn1C. The first-order chi connectivity index (χ1) is 9.08. The second-order valence-corrected chi connectivity index (χ2v) is 4.41. The van der Waals surface area contributed by atoms with Crippen LogP contribution in [0.4, 0.5) is 5.69 Å². The van der Waals surface area contributed by atoms with Gasteiger partial charge in [0.15, 0.2) is 0 Å². The summed E-state index contributed by atoms with van der Waals surface area (Å²) in [4.78, 5) is 11.9. The van der Waals surface area contributed by atoms with Gasteiger partial charge in [0.05, 0.1) is 12.2 Å². The Morgan fingerprint density at radius 2 is 2.21 bits per heavy atom. The van der Waals surface area contributed by atoms with Gasteiger partial charge in [-0.1, -0.05) is 0 Å². The first kappa shape index (κ1) is 13.1. The summed E-state index contributed by atoms with van der Waals surface area (Å²) in [6.45, 7) is 2.18. The molecule has 5 nitrogen and oxygen atoms in total. The highest BCUT2D eigenvalue weighted by Gasteiger charge is 2.10. The molecule has 0 saturated heterocycles. The van der Waals surface area contributed by atoms with E-state index < -0.39 is 0 Å². The number of nitrogen functional groups attached to an aromatic ring is 1. The number of carbonyl (C=O) groups excluding carboxylic acids is 1. The van der Waals surface area contributed by atoms with Crippen LogP contribution in [0.5, 0.6) is 0 Å². The maximum absolute atomic E-state index is 11.9. The molecule has 0 fully saturated rings. The van der Waals surface area contributed by atoms with Crippen LogP contribution in [0.2, 0.25) is 0 Å². The van der Waals surface area contributed by atoms with E-state index in [-0.39, 0.29) is 5.97 Å². The van der Waals surface area contributed by atoms with Crippen LogP contribution >= 0.6 is 0 Å². The van der Waals surface area contributed by atoms with Crippen molar-refractivity contribution in [2.45, 2.75) is 13.3 Å². The highest BCUT2D eigenvalue weighted by Crippen LogP contribution is 2.13. The Morgan fingerprint density at radius 3 is 2.84 bits per heavy atom. The van der Waals surface area contributed by atoms with Crippen LogP contribution in [0.25, 0.3) is 0 Å². The molecule has 0 atom stereocenters. The van der Waals surface area contributed by atoms with E-state index in [9.17, 15) is 4.79 Å². The molecule has 2 rings (SSSR count). The molecule has 2 N–H and O–H groups in total. The third kappa shape index (κ3) is 3.13. The molecule has 100 valence electrons. The van der Waals surface area contributed by atoms with Crippen molar-refractivity contribution < 1.29 is 9.53 Å². The number of hydrogen-bond donors (Lipinski definition) is 1. The van der Waals surface area contributed by atoms with Crippen LogP contribution in [-0.2, 0) is 18.2 Å². The molecule has 5 heteroatoms. The number of nitrogens with two attached hydrogens (primary N) is 1. The normalized spacial score (nSPS) is 10.4. The number of aromatic nitrogens is 2. The van der Waals surface area contributed by atoms with E-state index in [0.717, 1.165) is 11.3 Å². The predicted molar refractivity (Wildman–Crippen MR) is 72.8 cm³/mol. The maximum Gasteiger partial charge on any atom is 0.338 e. The molecule has 1 heterocycles. The first-order valence-electron chi connectivity index (χ1n) is 6.08. The Morgan fingerprint density at radius 1 is 1.42 bits per heavy atom. The minimum Gasteiger partial charge on any atom is -0.462 e. The largest absolute Gasteiger partial charge is 0.462 e. The first-order valence-corrected chi connectivity index (χ1v) is 6.08. The lowest BCUT2D eigenvalue weighted by Gasteiger charge is -2.08. The molecular weight excluding hydrogens is 242 g/mol. The summed E-state index contributed by atoms with van der Waals surface area (Å²) in [6, 6.07) is 7.06. The molecule has 0 spiro atoms. The quantitative estimate of drug-likeness (QED) is 0.670. The average Bonchev–Trinajstić information content (AvgIpc) is 2.75. The number of anilines is 1. The third-order valence-electron chi connectivity index (χ3n) is 2.98. The van der Waals surface area contributed by atoms with E-state index in [0.29, 0.717) is 24.3 Å².